The van der Waals surface area contributed by atoms with Gasteiger partial charge in [-0.25, -0.2) is 4.39 Å². The van der Waals surface area contributed by atoms with Gasteiger partial charge in [-0.1, -0.05) is 0 Å². The molecule has 0 aliphatic heterocycles. The molecule has 0 aliphatic carbocycles. The van der Waals surface area contributed by atoms with Crippen molar-refractivity contribution in [1.29, 1.82) is 0 Å². The number of amides is 1. The highest BCUT2D eigenvalue weighted by atomic mass is 79.9. The first-order valence-electron chi connectivity index (χ1n) is 4.94. The molecule has 0 bridgehead atoms. The van der Waals surface area contributed by atoms with Crippen molar-refractivity contribution < 1.29 is 9.18 Å². The fourth-order valence-corrected chi connectivity index (χ4v) is 1.73. The number of carbonyl (C=O) groups is 1. The molecule has 0 saturated heterocycles. The number of halogens is 2. The van der Waals surface area contributed by atoms with Crippen molar-refractivity contribution in [3.63, 3.8) is 0 Å². The number of anilines is 1. The predicted molar refractivity (Wildman–Crippen MR) is 66.0 cm³/mol. The van der Waals surface area contributed by atoms with Gasteiger partial charge in [0.2, 0.25) is 5.91 Å². The van der Waals surface area contributed by atoms with E-state index in [1.165, 1.54) is 6.07 Å². The molecule has 0 fully saturated rings. The highest BCUT2D eigenvalue weighted by molar-refractivity contribution is 9.10. The Morgan fingerprint density at radius 2 is 2.19 bits per heavy atom. The molecule has 16 heavy (non-hydrogen) atoms. The standard InChI is InChI=1S/C11H14BrFN2O/c1-7-5-8(12)9(13)6-10(7)15-4-3-11(16)14-2/h5-6,15H,3-4H2,1-2H3,(H,14,16). The monoisotopic (exact) mass is 288 g/mol. The first-order chi connectivity index (χ1) is 7.54. The third-order valence-electron chi connectivity index (χ3n) is 2.21. The van der Waals surface area contributed by atoms with Crippen molar-refractivity contribution >= 4 is 27.5 Å². The van der Waals surface area contributed by atoms with Crippen LogP contribution in [-0.2, 0) is 4.79 Å². The van der Waals surface area contributed by atoms with Crippen LogP contribution in [0.2, 0.25) is 0 Å². The van der Waals surface area contributed by atoms with E-state index in [-0.39, 0.29) is 11.7 Å². The maximum atomic E-state index is 13.2. The summed E-state index contributed by atoms with van der Waals surface area (Å²) in [7, 11) is 1.59. The first kappa shape index (κ1) is 13.0. The minimum absolute atomic E-state index is 0.0391. The summed E-state index contributed by atoms with van der Waals surface area (Å²) in [5.41, 5.74) is 1.65. The van der Waals surface area contributed by atoms with Gasteiger partial charge in [0.05, 0.1) is 4.47 Å². The molecule has 0 saturated carbocycles. The Bertz CT molecular complexity index is 396. The van der Waals surface area contributed by atoms with E-state index in [0.717, 1.165) is 5.56 Å². The number of rotatable bonds is 4. The Morgan fingerprint density at radius 1 is 1.50 bits per heavy atom. The van der Waals surface area contributed by atoms with Crippen molar-refractivity contribution in [1.82, 2.24) is 5.32 Å². The molecule has 1 aromatic carbocycles. The van der Waals surface area contributed by atoms with Crippen molar-refractivity contribution in [3.05, 3.63) is 28.0 Å². The summed E-state index contributed by atoms with van der Waals surface area (Å²) in [5, 5.41) is 5.55. The van der Waals surface area contributed by atoms with E-state index in [0.29, 0.717) is 23.1 Å². The molecule has 2 N–H and O–H groups in total. The summed E-state index contributed by atoms with van der Waals surface area (Å²) in [4.78, 5) is 11.0. The molecule has 0 aliphatic rings. The summed E-state index contributed by atoms with van der Waals surface area (Å²) >= 11 is 3.12. The second kappa shape index (κ2) is 5.84. The fourth-order valence-electron chi connectivity index (χ4n) is 1.27. The predicted octanol–water partition coefficient (Wildman–Crippen LogP) is 2.44. The van der Waals surface area contributed by atoms with Crippen LogP contribution in [0.1, 0.15) is 12.0 Å². The quantitative estimate of drug-likeness (QED) is 0.894. The molecule has 5 heteroatoms. The lowest BCUT2D eigenvalue weighted by molar-refractivity contribution is -0.120. The molecule has 0 radical (unpaired) electrons. The Labute approximate surface area is 103 Å². The van der Waals surface area contributed by atoms with Crippen molar-refractivity contribution in [3.8, 4) is 0 Å². The molecule has 1 aromatic rings. The maximum Gasteiger partial charge on any atom is 0.221 e. The van der Waals surface area contributed by atoms with Gasteiger partial charge in [-0.3, -0.25) is 4.79 Å². The maximum absolute atomic E-state index is 13.2. The van der Waals surface area contributed by atoms with Crippen LogP contribution < -0.4 is 10.6 Å². The van der Waals surface area contributed by atoms with E-state index in [9.17, 15) is 9.18 Å². The summed E-state index contributed by atoms with van der Waals surface area (Å²) in [5.74, 6) is -0.351. The van der Waals surface area contributed by atoms with Crippen LogP contribution in [0.5, 0.6) is 0 Å². The average Bonchev–Trinajstić information content (AvgIpc) is 2.25. The third kappa shape index (κ3) is 3.48. The Hall–Kier alpha value is -1.10. The zero-order valence-corrected chi connectivity index (χ0v) is 10.8. The van der Waals surface area contributed by atoms with Gasteiger partial charge >= 0.3 is 0 Å². The number of carbonyl (C=O) groups excluding carboxylic acids is 1. The first-order valence-corrected chi connectivity index (χ1v) is 5.74. The minimum atomic E-state index is -0.312. The molecular weight excluding hydrogens is 275 g/mol. The fraction of sp³-hybridized carbons (Fsp3) is 0.364. The lowest BCUT2D eigenvalue weighted by Gasteiger charge is -2.10. The van der Waals surface area contributed by atoms with E-state index in [4.69, 9.17) is 0 Å². The molecule has 0 atom stereocenters. The van der Waals surface area contributed by atoms with E-state index >= 15 is 0 Å². The van der Waals surface area contributed by atoms with Gasteiger partial charge in [-0.05, 0) is 40.5 Å². The molecule has 1 amide bonds. The number of nitrogens with one attached hydrogen (secondary N) is 2. The average molecular weight is 289 g/mol. The Kier molecular flexibility index (Phi) is 4.73. The Balaban J connectivity index is 2.60. The number of hydrogen-bond acceptors (Lipinski definition) is 2. The van der Waals surface area contributed by atoms with Gasteiger partial charge in [0.15, 0.2) is 0 Å². The van der Waals surface area contributed by atoms with E-state index < -0.39 is 0 Å². The molecule has 0 spiro atoms. The van der Waals surface area contributed by atoms with Crippen LogP contribution >= 0.6 is 15.9 Å². The molecule has 0 heterocycles. The largest absolute Gasteiger partial charge is 0.384 e. The molecular formula is C11H14BrFN2O. The second-order valence-electron chi connectivity index (χ2n) is 3.43. The highest BCUT2D eigenvalue weighted by Gasteiger charge is 2.05. The van der Waals surface area contributed by atoms with Crippen LogP contribution in [0.15, 0.2) is 16.6 Å². The van der Waals surface area contributed by atoms with Gasteiger partial charge in [0.25, 0.3) is 0 Å². The molecule has 0 aromatic heterocycles. The van der Waals surface area contributed by atoms with E-state index in [1.807, 2.05) is 6.92 Å². The Morgan fingerprint density at radius 3 is 2.81 bits per heavy atom. The lowest BCUT2D eigenvalue weighted by atomic mass is 10.2. The minimum Gasteiger partial charge on any atom is -0.384 e. The van der Waals surface area contributed by atoms with Gasteiger partial charge in [0, 0.05) is 25.7 Å². The zero-order chi connectivity index (χ0) is 12.1. The molecule has 1 rings (SSSR count). The number of aryl methyl sites for hydroxylation is 1. The van der Waals surface area contributed by atoms with Gasteiger partial charge in [0.1, 0.15) is 5.82 Å². The summed E-state index contributed by atoms with van der Waals surface area (Å²) in [6, 6.07) is 3.13. The van der Waals surface area contributed by atoms with E-state index in [2.05, 4.69) is 26.6 Å². The van der Waals surface area contributed by atoms with Gasteiger partial charge in [-0.15, -0.1) is 0 Å². The van der Waals surface area contributed by atoms with Crippen LogP contribution in [0.25, 0.3) is 0 Å². The van der Waals surface area contributed by atoms with E-state index in [1.54, 1.807) is 13.1 Å². The summed E-state index contributed by atoms with van der Waals surface area (Å²) < 4.78 is 13.7. The molecule has 0 unspecified atom stereocenters. The second-order valence-corrected chi connectivity index (χ2v) is 4.29. The van der Waals surface area contributed by atoms with Crippen molar-refractivity contribution in [2.45, 2.75) is 13.3 Å². The molecule has 3 nitrogen and oxygen atoms in total. The number of hydrogen-bond donors (Lipinski definition) is 2. The SMILES string of the molecule is CNC(=O)CCNc1cc(F)c(Br)cc1C. The summed E-state index contributed by atoms with van der Waals surface area (Å²) in [6.45, 7) is 2.37. The van der Waals surface area contributed by atoms with Crippen LogP contribution in [0.4, 0.5) is 10.1 Å². The number of benzene rings is 1. The zero-order valence-electron chi connectivity index (χ0n) is 9.23. The van der Waals surface area contributed by atoms with Crippen LogP contribution in [0.3, 0.4) is 0 Å². The topological polar surface area (TPSA) is 41.1 Å². The van der Waals surface area contributed by atoms with Gasteiger partial charge in [-0.2, -0.15) is 0 Å². The van der Waals surface area contributed by atoms with Gasteiger partial charge < -0.3 is 10.6 Å². The van der Waals surface area contributed by atoms with Crippen LogP contribution in [-0.4, -0.2) is 19.5 Å². The smallest absolute Gasteiger partial charge is 0.221 e. The van der Waals surface area contributed by atoms with Crippen LogP contribution in [0, 0.1) is 12.7 Å². The normalized spacial score (nSPS) is 10.0. The highest BCUT2D eigenvalue weighted by Crippen LogP contribution is 2.23. The summed E-state index contributed by atoms with van der Waals surface area (Å²) in [6.07, 6.45) is 0.369. The van der Waals surface area contributed by atoms with Crippen molar-refractivity contribution in [2.75, 3.05) is 18.9 Å². The lowest BCUT2D eigenvalue weighted by Crippen LogP contribution is -2.21. The van der Waals surface area contributed by atoms with Crippen molar-refractivity contribution in [2.24, 2.45) is 0 Å². The molecule has 88 valence electrons. The third-order valence-corrected chi connectivity index (χ3v) is 2.82.